The van der Waals surface area contributed by atoms with Gasteiger partial charge in [-0.1, -0.05) is 37.6 Å². The molecule has 2 aromatic carbocycles. The molecule has 4 aromatic rings. The van der Waals surface area contributed by atoms with Crippen molar-refractivity contribution in [2.24, 2.45) is 0 Å². The van der Waals surface area contributed by atoms with E-state index < -0.39 is 5.97 Å². The van der Waals surface area contributed by atoms with Crippen LogP contribution < -0.4 is 5.32 Å². The molecule has 1 aliphatic rings. The molecule has 0 aliphatic carbocycles. The highest BCUT2D eigenvalue weighted by Crippen LogP contribution is 2.39. The molecule has 0 saturated carbocycles. The van der Waals surface area contributed by atoms with Crippen molar-refractivity contribution < 1.29 is 29.1 Å². The van der Waals surface area contributed by atoms with E-state index in [0.29, 0.717) is 65.9 Å². The number of likely N-dealkylation sites (N-methyl/N-ethyl adjacent to an activating group) is 1. The predicted molar refractivity (Wildman–Crippen MR) is 213 cm³/mol. The second kappa shape index (κ2) is 18.5. The Hall–Kier alpha value is -5.05. The summed E-state index contributed by atoms with van der Waals surface area (Å²) in [6.07, 6.45) is 5.15. The molecule has 0 unspecified atom stereocenters. The van der Waals surface area contributed by atoms with Crippen LogP contribution in [-0.2, 0) is 29.1 Å². The molecule has 5 rings (SSSR count). The normalized spacial score (nSPS) is 12.5. The summed E-state index contributed by atoms with van der Waals surface area (Å²) in [5, 5.41) is 17.4. The zero-order valence-electron chi connectivity index (χ0n) is 31.9. The van der Waals surface area contributed by atoms with Crippen molar-refractivity contribution in [1.29, 1.82) is 0 Å². The Morgan fingerprint density at radius 2 is 1.71 bits per heavy atom. The van der Waals surface area contributed by atoms with Crippen molar-refractivity contribution in [3.8, 4) is 5.69 Å². The monoisotopic (exact) mass is 789 g/mol. The lowest BCUT2D eigenvalue weighted by atomic mass is 9.97. The van der Waals surface area contributed by atoms with E-state index in [1.165, 1.54) is 22.4 Å². The number of amides is 4. The summed E-state index contributed by atoms with van der Waals surface area (Å²) in [4.78, 5) is 72.6. The molecule has 0 fully saturated rings. The van der Waals surface area contributed by atoms with Gasteiger partial charge < -0.3 is 25.1 Å². The van der Waals surface area contributed by atoms with E-state index in [1.807, 2.05) is 18.2 Å². The molecule has 0 spiro atoms. The fourth-order valence-electron chi connectivity index (χ4n) is 6.72. The molecule has 2 N–H and O–H groups in total. The van der Waals surface area contributed by atoms with Crippen LogP contribution in [0.15, 0.2) is 60.9 Å². The van der Waals surface area contributed by atoms with Crippen LogP contribution in [0.5, 0.6) is 0 Å². The first-order valence-corrected chi connectivity index (χ1v) is 19.5. The highest BCUT2D eigenvalue weighted by Gasteiger charge is 2.32. The number of hydrogen-bond donors (Lipinski definition) is 2. The summed E-state index contributed by atoms with van der Waals surface area (Å²) in [6, 6.07) is 14.6. The minimum atomic E-state index is -1.00. The molecule has 0 atom stereocenters. The average Bonchev–Trinajstić information content (AvgIpc) is 3.81. The van der Waals surface area contributed by atoms with Crippen LogP contribution in [0.1, 0.15) is 81.8 Å². The highest BCUT2D eigenvalue weighted by atomic mass is 35.5. The molecule has 4 amide bonds. The maximum absolute atomic E-state index is 14.3. The molecule has 3 heterocycles. The number of benzene rings is 2. The van der Waals surface area contributed by atoms with Crippen molar-refractivity contribution in [1.82, 2.24) is 29.4 Å². The minimum Gasteiger partial charge on any atom is -0.481 e. The number of carbonyl (C=O) groups excluding carboxylic acids is 4. The molecule has 15 heteroatoms. The average molecular weight is 790 g/mol. The van der Waals surface area contributed by atoms with Crippen molar-refractivity contribution >= 4 is 57.5 Å². The fourth-order valence-corrected chi connectivity index (χ4v) is 8.10. The standard InChI is InChI=1S/C40H48ClN7O6S/c1-6-30(7-2)46(20-19-45(5)34(49)15-16-35(50)51)23-26-9-8-10-27(21-26)38(53)43-39-36(32-17-18-47(25-33(32)55-39)40(54)44(3)4)37(52)28-22-42-48(24-28)31-13-11-29(41)12-14-31/h8-14,21-22,24,30H,6-7,15-20,23,25H2,1-5H3,(H,43,53)(H,50,51). The number of halogens is 1. The molecule has 292 valence electrons. The minimum absolute atomic E-state index is 0.0476. The predicted octanol–water partition coefficient (Wildman–Crippen LogP) is 6.42. The molecule has 13 nitrogen and oxygen atoms in total. The number of rotatable bonds is 16. The third kappa shape index (κ3) is 10.2. The van der Waals surface area contributed by atoms with Crippen LogP contribution in [0.3, 0.4) is 0 Å². The number of aromatic nitrogens is 2. The van der Waals surface area contributed by atoms with Gasteiger partial charge in [-0.3, -0.25) is 24.1 Å². The summed E-state index contributed by atoms with van der Waals surface area (Å²) < 4.78 is 1.60. The Bertz CT molecular complexity index is 2020. The van der Waals surface area contributed by atoms with Gasteiger partial charge in [0.15, 0.2) is 5.78 Å². The highest BCUT2D eigenvalue weighted by molar-refractivity contribution is 7.17. The van der Waals surface area contributed by atoms with Crippen molar-refractivity contribution in [2.75, 3.05) is 46.1 Å². The molecule has 0 radical (unpaired) electrons. The summed E-state index contributed by atoms with van der Waals surface area (Å²) in [6.45, 7) is 6.53. The fraction of sp³-hybridized carbons (Fsp3) is 0.400. The summed E-state index contributed by atoms with van der Waals surface area (Å²) in [5.41, 5.74) is 3.64. The van der Waals surface area contributed by atoms with E-state index in [4.69, 9.17) is 16.7 Å². The van der Waals surface area contributed by atoms with Gasteiger partial charge in [0.05, 0.1) is 36.0 Å². The Kier molecular flexibility index (Phi) is 13.8. The second-order valence-electron chi connectivity index (χ2n) is 13.8. The van der Waals surface area contributed by atoms with E-state index in [-0.39, 0.29) is 42.5 Å². The zero-order chi connectivity index (χ0) is 39.8. The van der Waals surface area contributed by atoms with Crippen LogP contribution in [-0.4, -0.2) is 111 Å². The van der Waals surface area contributed by atoms with E-state index in [0.717, 1.165) is 34.5 Å². The number of ketones is 1. The number of thiophene rings is 1. The molecular formula is C40H48ClN7O6S. The van der Waals surface area contributed by atoms with Gasteiger partial charge in [-0.05, 0) is 66.8 Å². The third-order valence-corrected chi connectivity index (χ3v) is 11.2. The number of nitrogens with zero attached hydrogens (tertiary/aromatic N) is 6. The lowest BCUT2D eigenvalue weighted by Crippen LogP contribution is -2.41. The lowest BCUT2D eigenvalue weighted by Gasteiger charge is -2.32. The number of urea groups is 1. The van der Waals surface area contributed by atoms with Crippen molar-refractivity contribution in [3.05, 3.63) is 98.6 Å². The smallest absolute Gasteiger partial charge is 0.319 e. The Morgan fingerprint density at radius 1 is 0.982 bits per heavy atom. The van der Waals surface area contributed by atoms with Crippen LogP contribution in [0, 0.1) is 0 Å². The SMILES string of the molecule is CCC(CC)N(CCN(C)C(=O)CCC(=O)O)Cc1cccc(C(=O)Nc2sc3c(c2C(=O)c2cnn(-c4ccc(Cl)cc4)c2)CCN(C(=O)N(C)C)C3)c1. The summed E-state index contributed by atoms with van der Waals surface area (Å²) in [5.74, 6) is -1.87. The summed E-state index contributed by atoms with van der Waals surface area (Å²) >= 11 is 7.38. The third-order valence-electron chi connectivity index (χ3n) is 9.83. The first-order chi connectivity index (χ1) is 26.3. The zero-order valence-corrected chi connectivity index (χ0v) is 33.5. The van der Waals surface area contributed by atoms with Gasteiger partial charge in [0.2, 0.25) is 5.91 Å². The second-order valence-corrected chi connectivity index (χ2v) is 15.4. The van der Waals surface area contributed by atoms with Gasteiger partial charge in [-0.2, -0.15) is 5.10 Å². The van der Waals surface area contributed by atoms with E-state index in [9.17, 15) is 24.0 Å². The van der Waals surface area contributed by atoms with Gasteiger partial charge in [0.25, 0.3) is 5.91 Å². The Labute approximate surface area is 330 Å². The maximum Gasteiger partial charge on any atom is 0.319 e. The van der Waals surface area contributed by atoms with Crippen LogP contribution in [0.4, 0.5) is 9.80 Å². The number of anilines is 1. The topological polar surface area (TPSA) is 148 Å². The first kappa shape index (κ1) is 41.1. The van der Waals surface area contributed by atoms with Gasteiger partial charge in [-0.25, -0.2) is 9.48 Å². The lowest BCUT2D eigenvalue weighted by molar-refractivity contribution is -0.140. The first-order valence-electron chi connectivity index (χ1n) is 18.4. The number of carbonyl (C=O) groups is 5. The molecule has 2 aromatic heterocycles. The maximum atomic E-state index is 14.3. The summed E-state index contributed by atoms with van der Waals surface area (Å²) in [7, 11) is 5.09. The molecular weight excluding hydrogens is 742 g/mol. The van der Waals surface area contributed by atoms with Crippen LogP contribution in [0.25, 0.3) is 5.69 Å². The largest absolute Gasteiger partial charge is 0.481 e. The molecule has 55 heavy (non-hydrogen) atoms. The quantitative estimate of drug-likeness (QED) is 0.124. The van der Waals surface area contributed by atoms with Crippen molar-refractivity contribution in [2.45, 2.75) is 65.1 Å². The number of fused-ring (bicyclic) bond motifs is 1. The van der Waals surface area contributed by atoms with Gasteiger partial charge in [0, 0.05) is 81.4 Å². The van der Waals surface area contributed by atoms with Gasteiger partial charge >= 0.3 is 12.0 Å². The molecule has 0 bridgehead atoms. The van der Waals surface area contributed by atoms with E-state index in [1.54, 1.807) is 72.2 Å². The van der Waals surface area contributed by atoms with Gasteiger partial charge in [0.1, 0.15) is 5.00 Å². The molecule has 0 saturated heterocycles. The van der Waals surface area contributed by atoms with E-state index >= 15 is 0 Å². The number of hydrogen-bond acceptors (Lipinski definition) is 8. The Morgan fingerprint density at radius 3 is 2.38 bits per heavy atom. The number of aliphatic carboxylic acids is 1. The van der Waals surface area contributed by atoms with Crippen molar-refractivity contribution in [3.63, 3.8) is 0 Å². The Balaban J connectivity index is 1.39. The number of carboxylic acids is 1. The van der Waals surface area contributed by atoms with E-state index in [2.05, 4.69) is 29.2 Å². The van der Waals surface area contributed by atoms with Crippen LogP contribution in [0.2, 0.25) is 5.02 Å². The van der Waals surface area contributed by atoms with Gasteiger partial charge in [-0.15, -0.1) is 11.3 Å². The number of nitrogens with one attached hydrogen (secondary N) is 1. The number of carboxylic acid groups (broad SMARTS) is 1. The molecule has 1 aliphatic heterocycles. The van der Waals surface area contributed by atoms with Crippen LogP contribution >= 0.6 is 22.9 Å².